The highest BCUT2D eigenvalue weighted by molar-refractivity contribution is 6.09. The number of halogens is 1. The second kappa shape index (κ2) is 11.1. The van der Waals surface area contributed by atoms with Gasteiger partial charge in [0.2, 0.25) is 0 Å². The lowest BCUT2D eigenvalue weighted by Crippen LogP contribution is -2.51. The molecule has 1 atom stereocenters. The maximum absolute atomic E-state index is 13.1. The summed E-state index contributed by atoms with van der Waals surface area (Å²) in [5, 5.41) is 14.5. The summed E-state index contributed by atoms with van der Waals surface area (Å²) in [7, 11) is 1.56. The van der Waals surface area contributed by atoms with Crippen LogP contribution in [0.25, 0.3) is 6.08 Å². The van der Waals surface area contributed by atoms with E-state index in [0.29, 0.717) is 23.4 Å². The van der Waals surface area contributed by atoms with Gasteiger partial charge in [-0.25, -0.2) is 4.39 Å². The first-order valence-electron chi connectivity index (χ1n) is 11.4. The molecule has 0 saturated carbocycles. The number of allylic oxidation sites excluding steroid dienone is 1. The minimum absolute atomic E-state index is 0.0647. The quantitative estimate of drug-likeness (QED) is 0.384. The SMILES string of the molecule is COc1ccc(C(=O)/C=C/c2ccc(F)cc2)c(O)c1CN1CCNCC1Cc1ccccc1. The number of piperazine rings is 1. The molecule has 0 aromatic heterocycles. The van der Waals surface area contributed by atoms with E-state index in [1.807, 2.05) is 18.2 Å². The first-order chi connectivity index (χ1) is 16.5. The molecule has 0 aliphatic carbocycles. The van der Waals surface area contributed by atoms with E-state index in [0.717, 1.165) is 26.1 Å². The van der Waals surface area contributed by atoms with Gasteiger partial charge in [-0.1, -0.05) is 48.5 Å². The van der Waals surface area contributed by atoms with Crippen molar-refractivity contribution >= 4 is 11.9 Å². The molecule has 1 aliphatic heterocycles. The molecule has 3 aromatic rings. The Hall–Kier alpha value is -3.48. The molecule has 5 nitrogen and oxygen atoms in total. The van der Waals surface area contributed by atoms with Gasteiger partial charge in [-0.15, -0.1) is 0 Å². The predicted octanol–water partition coefficient (Wildman–Crippen LogP) is 4.45. The summed E-state index contributed by atoms with van der Waals surface area (Å²) in [6.45, 7) is 2.99. The molecular formula is C28H29FN2O3. The van der Waals surface area contributed by atoms with E-state index in [4.69, 9.17) is 4.74 Å². The summed E-state index contributed by atoms with van der Waals surface area (Å²) >= 11 is 0. The highest BCUT2D eigenvalue weighted by atomic mass is 19.1. The summed E-state index contributed by atoms with van der Waals surface area (Å²) in [5.41, 5.74) is 2.77. The number of phenolic OH excluding ortho intramolecular Hbond substituents is 1. The molecule has 0 bridgehead atoms. The Bertz CT molecular complexity index is 1150. The van der Waals surface area contributed by atoms with Gasteiger partial charge in [0, 0.05) is 32.2 Å². The number of ketones is 1. The van der Waals surface area contributed by atoms with Gasteiger partial charge >= 0.3 is 0 Å². The van der Waals surface area contributed by atoms with Gasteiger partial charge in [-0.2, -0.15) is 0 Å². The Morgan fingerprint density at radius 2 is 1.91 bits per heavy atom. The number of hydrogen-bond acceptors (Lipinski definition) is 5. The molecule has 1 aliphatic rings. The first-order valence-corrected chi connectivity index (χ1v) is 11.4. The summed E-state index contributed by atoms with van der Waals surface area (Å²) in [4.78, 5) is 15.2. The van der Waals surface area contributed by atoms with E-state index in [2.05, 4.69) is 22.3 Å². The number of aromatic hydroxyl groups is 1. The number of hydrogen-bond donors (Lipinski definition) is 2. The highest BCUT2D eigenvalue weighted by Gasteiger charge is 2.26. The van der Waals surface area contributed by atoms with Crippen LogP contribution < -0.4 is 10.1 Å². The van der Waals surface area contributed by atoms with Crippen molar-refractivity contribution in [2.24, 2.45) is 0 Å². The zero-order valence-corrected chi connectivity index (χ0v) is 19.2. The van der Waals surface area contributed by atoms with Crippen LogP contribution in [-0.4, -0.2) is 48.6 Å². The number of rotatable bonds is 8. The highest BCUT2D eigenvalue weighted by Crippen LogP contribution is 2.34. The monoisotopic (exact) mass is 460 g/mol. The third kappa shape index (κ3) is 5.71. The van der Waals surface area contributed by atoms with Crippen molar-refractivity contribution in [3.63, 3.8) is 0 Å². The average Bonchev–Trinajstić information content (AvgIpc) is 2.86. The van der Waals surface area contributed by atoms with Crippen LogP contribution in [0.5, 0.6) is 11.5 Å². The van der Waals surface area contributed by atoms with Gasteiger partial charge in [0.1, 0.15) is 17.3 Å². The topological polar surface area (TPSA) is 61.8 Å². The van der Waals surface area contributed by atoms with Crippen molar-refractivity contribution in [2.45, 2.75) is 19.0 Å². The maximum Gasteiger partial charge on any atom is 0.189 e. The average molecular weight is 461 g/mol. The molecule has 3 aromatic carbocycles. The van der Waals surface area contributed by atoms with Crippen molar-refractivity contribution in [1.82, 2.24) is 10.2 Å². The van der Waals surface area contributed by atoms with E-state index < -0.39 is 0 Å². The van der Waals surface area contributed by atoms with Gasteiger partial charge in [-0.05, 0) is 47.9 Å². The fourth-order valence-electron chi connectivity index (χ4n) is 4.30. The number of carbonyl (C=O) groups excluding carboxylic acids is 1. The molecule has 176 valence electrons. The number of carbonyl (C=O) groups is 1. The van der Waals surface area contributed by atoms with Crippen LogP contribution in [0.2, 0.25) is 0 Å². The van der Waals surface area contributed by atoms with Crippen LogP contribution in [-0.2, 0) is 13.0 Å². The molecule has 0 spiro atoms. The Morgan fingerprint density at radius 1 is 1.15 bits per heavy atom. The number of benzene rings is 3. The largest absolute Gasteiger partial charge is 0.507 e. The lowest BCUT2D eigenvalue weighted by Gasteiger charge is -2.37. The van der Waals surface area contributed by atoms with Gasteiger partial charge in [0.05, 0.1) is 18.2 Å². The third-order valence-corrected chi connectivity index (χ3v) is 6.17. The lowest BCUT2D eigenvalue weighted by molar-refractivity contribution is 0.104. The molecular weight excluding hydrogens is 431 g/mol. The van der Waals surface area contributed by atoms with Crippen LogP contribution in [0.1, 0.15) is 27.0 Å². The van der Waals surface area contributed by atoms with Crippen LogP contribution in [0.4, 0.5) is 4.39 Å². The molecule has 2 N–H and O–H groups in total. The summed E-state index contributed by atoms with van der Waals surface area (Å²) in [5.74, 6) is -0.176. The Morgan fingerprint density at radius 3 is 2.65 bits per heavy atom. The predicted molar refractivity (Wildman–Crippen MR) is 132 cm³/mol. The molecule has 4 rings (SSSR count). The number of methoxy groups -OCH3 is 1. The lowest BCUT2D eigenvalue weighted by atomic mass is 9.99. The van der Waals surface area contributed by atoms with E-state index in [-0.39, 0.29) is 29.0 Å². The first kappa shape index (κ1) is 23.7. The summed E-state index contributed by atoms with van der Waals surface area (Å²) < 4.78 is 18.6. The molecule has 0 radical (unpaired) electrons. The smallest absolute Gasteiger partial charge is 0.189 e. The van der Waals surface area contributed by atoms with Gasteiger partial charge in [-0.3, -0.25) is 9.69 Å². The van der Waals surface area contributed by atoms with E-state index in [1.54, 1.807) is 37.5 Å². The molecule has 1 fully saturated rings. The molecule has 0 amide bonds. The molecule has 1 heterocycles. The Kier molecular flexibility index (Phi) is 7.72. The van der Waals surface area contributed by atoms with Crippen molar-refractivity contribution in [3.8, 4) is 11.5 Å². The maximum atomic E-state index is 13.1. The summed E-state index contributed by atoms with van der Waals surface area (Å²) in [6.07, 6.45) is 3.88. The van der Waals surface area contributed by atoms with Crippen molar-refractivity contribution < 1.29 is 19.0 Å². The van der Waals surface area contributed by atoms with E-state index in [9.17, 15) is 14.3 Å². The van der Waals surface area contributed by atoms with Crippen molar-refractivity contribution in [2.75, 3.05) is 26.7 Å². The van der Waals surface area contributed by atoms with Crippen molar-refractivity contribution in [3.05, 3.63) is 101 Å². The van der Waals surface area contributed by atoms with E-state index in [1.165, 1.54) is 23.8 Å². The molecule has 34 heavy (non-hydrogen) atoms. The van der Waals surface area contributed by atoms with Crippen LogP contribution in [0.15, 0.2) is 72.8 Å². The molecule has 1 unspecified atom stereocenters. The third-order valence-electron chi connectivity index (χ3n) is 6.17. The summed E-state index contributed by atoms with van der Waals surface area (Å²) in [6, 6.07) is 19.8. The van der Waals surface area contributed by atoms with Crippen LogP contribution in [0.3, 0.4) is 0 Å². The van der Waals surface area contributed by atoms with Gasteiger partial charge < -0.3 is 15.2 Å². The standard InChI is InChI=1S/C28H29FN2O3/c1-34-27-14-12-24(26(32)13-9-20-7-10-22(29)11-8-20)28(33)25(27)19-31-16-15-30-18-23(31)17-21-5-3-2-4-6-21/h2-14,23,30,33H,15-19H2,1H3/b13-9+. The van der Waals surface area contributed by atoms with Crippen molar-refractivity contribution in [1.29, 1.82) is 0 Å². The fraction of sp³-hybridized carbons (Fsp3) is 0.250. The van der Waals surface area contributed by atoms with Gasteiger partial charge in [0.15, 0.2) is 5.78 Å². The van der Waals surface area contributed by atoms with E-state index >= 15 is 0 Å². The normalized spacial score (nSPS) is 16.6. The number of ether oxygens (including phenoxy) is 1. The number of nitrogens with one attached hydrogen (secondary N) is 1. The molecule has 1 saturated heterocycles. The molecule has 6 heteroatoms. The second-order valence-electron chi connectivity index (χ2n) is 8.41. The zero-order chi connectivity index (χ0) is 23.9. The fourth-order valence-corrected chi connectivity index (χ4v) is 4.30. The Labute approximate surface area is 199 Å². The minimum atomic E-state index is -0.334. The Balaban J connectivity index is 1.56. The number of nitrogens with zero attached hydrogens (tertiary/aromatic N) is 1. The zero-order valence-electron chi connectivity index (χ0n) is 19.2. The number of phenols is 1. The minimum Gasteiger partial charge on any atom is -0.507 e. The van der Waals surface area contributed by atoms with Crippen LogP contribution >= 0.6 is 0 Å². The van der Waals surface area contributed by atoms with Crippen LogP contribution in [0, 0.1) is 5.82 Å². The van der Waals surface area contributed by atoms with Gasteiger partial charge in [0.25, 0.3) is 0 Å². The second-order valence-corrected chi connectivity index (χ2v) is 8.41.